The molecule has 100 valence electrons. The second-order valence-corrected chi connectivity index (χ2v) is 5.70. The number of benzene rings is 1. The average Bonchev–Trinajstić information content (AvgIpc) is 2.37. The Bertz CT molecular complexity index is 334. The largest absolute Gasteiger partial charge is 0.311 e. The third kappa shape index (κ3) is 4.43. The first-order chi connectivity index (χ1) is 8.74. The zero-order valence-electron chi connectivity index (χ0n) is 11.7. The third-order valence-electron chi connectivity index (χ3n) is 3.63. The van der Waals surface area contributed by atoms with Gasteiger partial charge in [0.15, 0.2) is 0 Å². The fourth-order valence-electron chi connectivity index (χ4n) is 2.80. The van der Waals surface area contributed by atoms with Crippen molar-refractivity contribution >= 4 is 0 Å². The minimum atomic E-state index is 0.601. The van der Waals surface area contributed by atoms with Gasteiger partial charge in [-0.2, -0.15) is 0 Å². The molecule has 18 heavy (non-hydrogen) atoms. The van der Waals surface area contributed by atoms with Crippen LogP contribution in [-0.4, -0.2) is 36.6 Å². The summed E-state index contributed by atoms with van der Waals surface area (Å²) >= 11 is 0. The van der Waals surface area contributed by atoms with Crippen LogP contribution in [0.5, 0.6) is 0 Å². The van der Waals surface area contributed by atoms with E-state index in [1.54, 1.807) is 0 Å². The van der Waals surface area contributed by atoms with Gasteiger partial charge in [-0.3, -0.25) is 0 Å². The van der Waals surface area contributed by atoms with E-state index in [2.05, 4.69) is 54.4 Å². The zero-order valence-corrected chi connectivity index (χ0v) is 11.7. The second kappa shape index (κ2) is 6.91. The van der Waals surface area contributed by atoms with Crippen molar-refractivity contribution in [2.45, 2.75) is 45.2 Å². The molecule has 1 fully saturated rings. The van der Waals surface area contributed by atoms with Crippen LogP contribution in [0.15, 0.2) is 30.3 Å². The molecule has 0 bridgehead atoms. The van der Waals surface area contributed by atoms with Crippen LogP contribution in [0.3, 0.4) is 0 Å². The summed E-state index contributed by atoms with van der Waals surface area (Å²) in [5.41, 5.74) is 1.46. The highest BCUT2D eigenvalue weighted by Crippen LogP contribution is 2.11. The van der Waals surface area contributed by atoms with Gasteiger partial charge in [-0.05, 0) is 31.4 Å². The van der Waals surface area contributed by atoms with E-state index >= 15 is 0 Å². The Kier molecular flexibility index (Phi) is 5.21. The highest BCUT2D eigenvalue weighted by Gasteiger charge is 2.19. The number of nitrogens with one attached hydrogen (secondary N) is 1. The molecule has 1 heterocycles. The highest BCUT2D eigenvalue weighted by molar-refractivity contribution is 5.14. The maximum absolute atomic E-state index is 3.67. The van der Waals surface area contributed by atoms with E-state index in [1.807, 2.05) is 0 Å². The molecule has 0 aromatic heterocycles. The predicted octanol–water partition coefficient (Wildman–Crippen LogP) is 2.69. The summed E-state index contributed by atoms with van der Waals surface area (Å²) in [6.07, 6.45) is 3.84. The Morgan fingerprint density at radius 3 is 2.78 bits per heavy atom. The summed E-state index contributed by atoms with van der Waals surface area (Å²) in [6, 6.07) is 12.1. The van der Waals surface area contributed by atoms with Crippen molar-refractivity contribution in [2.75, 3.05) is 19.6 Å². The number of piperidine rings is 1. The first-order valence-corrected chi connectivity index (χ1v) is 7.26. The molecule has 1 unspecified atom stereocenters. The summed E-state index contributed by atoms with van der Waals surface area (Å²) in [5, 5.41) is 3.67. The summed E-state index contributed by atoms with van der Waals surface area (Å²) in [4.78, 5) is 2.61. The lowest BCUT2D eigenvalue weighted by molar-refractivity contribution is 0.187. The van der Waals surface area contributed by atoms with Crippen LogP contribution in [0.1, 0.15) is 32.3 Å². The number of nitrogens with zero attached hydrogens (tertiary/aromatic N) is 1. The second-order valence-electron chi connectivity index (χ2n) is 5.70. The van der Waals surface area contributed by atoms with Crippen LogP contribution in [0.2, 0.25) is 0 Å². The molecule has 1 aliphatic rings. The van der Waals surface area contributed by atoms with Crippen LogP contribution in [0, 0.1) is 0 Å². The normalized spacial score (nSPS) is 21.4. The van der Waals surface area contributed by atoms with Gasteiger partial charge in [0.1, 0.15) is 0 Å². The van der Waals surface area contributed by atoms with Gasteiger partial charge in [0.05, 0.1) is 0 Å². The molecular formula is C16H26N2. The molecule has 2 heteroatoms. The lowest BCUT2D eigenvalue weighted by Crippen LogP contribution is -2.48. The molecule has 2 nitrogen and oxygen atoms in total. The smallest absolute Gasteiger partial charge is 0.0197 e. The van der Waals surface area contributed by atoms with E-state index < -0.39 is 0 Å². The monoisotopic (exact) mass is 246 g/mol. The van der Waals surface area contributed by atoms with E-state index in [9.17, 15) is 0 Å². The molecule has 1 atom stereocenters. The van der Waals surface area contributed by atoms with Crippen molar-refractivity contribution in [2.24, 2.45) is 0 Å². The Hall–Kier alpha value is -0.860. The molecule has 0 aliphatic carbocycles. The van der Waals surface area contributed by atoms with Gasteiger partial charge in [-0.25, -0.2) is 0 Å². The Morgan fingerprint density at radius 2 is 2.06 bits per heavy atom. The third-order valence-corrected chi connectivity index (χ3v) is 3.63. The molecule has 1 aromatic rings. The van der Waals surface area contributed by atoms with Crippen molar-refractivity contribution < 1.29 is 0 Å². The van der Waals surface area contributed by atoms with E-state index in [0.29, 0.717) is 12.1 Å². The molecule has 0 amide bonds. The predicted molar refractivity (Wildman–Crippen MR) is 77.9 cm³/mol. The van der Waals surface area contributed by atoms with E-state index in [1.165, 1.54) is 44.5 Å². The maximum Gasteiger partial charge on any atom is 0.0197 e. The van der Waals surface area contributed by atoms with Gasteiger partial charge in [0, 0.05) is 25.2 Å². The Morgan fingerprint density at radius 1 is 1.28 bits per heavy atom. The molecule has 1 aromatic carbocycles. The zero-order chi connectivity index (χ0) is 12.8. The molecule has 0 saturated carbocycles. The number of hydrogen-bond donors (Lipinski definition) is 1. The van der Waals surface area contributed by atoms with E-state index in [-0.39, 0.29) is 0 Å². The van der Waals surface area contributed by atoms with Crippen molar-refractivity contribution in [1.29, 1.82) is 0 Å². The summed E-state index contributed by atoms with van der Waals surface area (Å²) in [7, 11) is 0. The maximum atomic E-state index is 3.67. The van der Waals surface area contributed by atoms with Gasteiger partial charge in [0.25, 0.3) is 0 Å². The van der Waals surface area contributed by atoms with Crippen molar-refractivity contribution in [3.8, 4) is 0 Å². The molecule has 0 radical (unpaired) electrons. The van der Waals surface area contributed by atoms with Crippen molar-refractivity contribution in [1.82, 2.24) is 10.2 Å². The topological polar surface area (TPSA) is 15.3 Å². The minimum Gasteiger partial charge on any atom is -0.311 e. The SMILES string of the molecule is CC(C)NC1CCCN(CCc2ccccc2)C1. The molecule has 1 aliphatic heterocycles. The Balaban J connectivity index is 1.76. The molecule has 0 spiro atoms. The highest BCUT2D eigenvalue weighted by atomic mass is 15.2. The number of likely N-dealkylation sites (tertiary alicyclic amines) is 1. The summed E-state index contributed by atoms with van der Waals surface area (Å²) < 4.78 is 0. The minimum absolute atomic E-state index is 0.601. The first-order valence-electron chi connectivity index (χ1n) is 7.26. The van der Waals surface area contributed by atoms with E-state index in [4.69, 9.17) is 0 Å². The van der Waals surface area contributed by atoms with Gasteiger partial charge < -0.3 is 10.2 Å². The molecule has 1 saturated heterocycles. The Labute approximate surface area is 111 Å². The van der Waals surface area contributed by atoms with Crippen LogP contribution < -0.4 is 5.32 Å². The lowest BCUT2D eigenvalue weighted by atomic mass is 10.0. The lowest BCUT2D eigenvalue weighted by Gasteiger charge is -2.34. The summed E-state index contributed by atoms with van der Waals surface area (Å²) in [5.74, 6) is 0. The van der Waals surface area contributed by atoms with Crippen LogP contribution >= 0.6 is 0 Å². The van der Waals surface area contributed by atoms with Gasteiger partial charge >= 0.3 is 0 Å². The van der Waals surface area contributed by atoms with E-state index in [0.717, 1.165) is 0 Å². The van der Waals surface area contributed by atoms with Crippen molar-refractivity contribution in [3.63, 3.8) is 0 Å². The van der Waals surface area contributed by atoms with Gasteiger partial charge in [-0.15, -0.1) is 0 Å². The standard InChI is InChI=1S/C16H26N2/c1-14(2)17-16-9-6-11-18(13-16)12-10-15-7-4-3-5-8-15/h3-5,7-8,14,16-17H,6,9-13H2,1-2H3. The fourth-order valence-corrected chi connectivity index (χ4v) is 2.80. The molecule has 2 rings (SSSR count). The van der Waals surface area contributed by atoms with Gasteiger partial charge in [0.2, 0.25) is 0 Å². The van der Waals surface area contributed by atoms with Crippen LogP contribution in [-0.2, 0) is 6.42 Å². The number of rotatable bonds is 5. The fraction of sp³-hybridized carbons (Fsp3) is 0.625. The van der Waals surface area contributed by atoms with Crippen molar-refractivity contribution in [3.05, 3.63) is 35.9 Å². The van der Waals surface area contributed by atoms with Crippen LogP contribution in [0.25, 0.3) is 0 Å². The average molecular weight is 246 g/mol. The van der Waals surface area contributed by atoms with Crippen LogP contribution in [0.4, 0.5) is 0 Å². The molecule has 1 N–H and O–H groups in total. The summed E-state index contributed by atoms with van der Waals surface area (Å²) in [6.45, 7) is 8.15. The quantitative estimate of drug-likeness (QED) is 0.859. The molecular weight excluding hydrogens is 220 g/mol. The number of hydrogen-bond acceptors (Lipinski definition) is 2. The van der Waals surface area contributed by atoms with Gasteiger partial charge in [-0.1, -0.05) is 44.2 Å². The first kappa shape index (κ1) is 13.6.